The van der Waals surface area contributed by atoms with Gasteiger partial charge in [0.05, 0.1) is 13.2 Å². The molecule has 1 heterocycles. The summed E-state index contributed by atoms with van der Waals surface area (Å²) in [6.45, 7) is 1.07. The molecular formula is C24H27FN2O3. The van der Waals surface area contributed by atoms with E-state index < -0.39 is 0 Å². The smallest absolute Gasteiger partial charge is 0.253 e. The molecule has 2 aromatic rings. The van der Waals surface area contributed by atoms with Crippen molar-refractivity contribution < 1.29 is 18.7 Å². The molecule has 1 atom stereocenters. The molecule has 1 N–H and O–H groups in total. The number of piperidine rings is 1. The topological polar surface area (TPSA) is 58.6 Å². The summed E-state index contributed by atoms with van der Waals surface area (Å²) in [5.74, 6) is 0.797. The molecule has 158 valence electrons. The van der Waals surface area contributed by atoms with Crippen molar-refractivity contribution in [2.75, 3.05) is 20.2 Å². The highest BCUT2D eigenvalue weighted by Gasteiger charge is 2.35. The minimum absolute atomic E-state index is 0.0299. The van der Waals surface area contributed by atoms with Gasteiger partial charge in [-0.3, -0.25) is 9.59 Å². The van der Waals surface area contributed by atoms with Gasteiger partial charge >= 0.3 is 0 Å². The minimum atomic E-state index is -0.357. The van der Waals surface area contributed by atoms with Crippen LogP contribution < -0.4 is 10.1 Å². The van der Waals surface area contributed by atoms with Crippen molar-refractivity contribution in [1.29, 1.82) is 0 Å². The fourth-order valence-corrected chi connectivity index (χ4v) is 4.11. The van der Waals surface area contributed by atoms with E-state index in [0.29, 0.717) is 37.4 Å². The Morgan fingerprint density at radius 3 is 2.20 bits per heavy atom. The number of benzene rings is 2. The summed E-state index contributed by atoms with van der Waals surface area (Å²) >= 11 is 0. The first-order valence-electron chi connectivity index (χ1n) is 10.5. The summed E-state index contributed by atoms with van der Waals surface area (Å²) in [5, 5.41) is 3.26. The van der Waals surface area contributed by atoms with Crippen LogP contribution in [0.5, 0.6) is 5.75 Å². The summed E-state index contributed by atoms with van der Waals surface area (Å²) in [4.78, 5) is 27.3. The second-order valence-electron chi connectivity index (χ2n) is 8.17. The molecule has 0 radical (unpaired) electrons. The summed E-state index contributed by atoms with van der Waals surface area (Å²) in [5.41, 5.74) is 1.59. The van der Waals surface area contributed by atoms with Gasteiger partial charge in [-0.25, -0.2) is 4.39 Å². The Bertz CT molecular complexity index is 886. The normalized spacial score (nSPS) is 18.0. The lowest BCUT2D eigenvalue weighted by atomic mass is 9.94. The largest absolute Gasteiger partial charge is 0.497 e. The lowest BCUT2D eigenvalue weighted by Crippen LogP contribution is -2.44. The van der Waals surface area contributed by atoms with Crippen LogP contribution in [0.15, 0.2) is 48.5 Å². The Kier molecular flexibility index (Phi) is 6.02. The number of hydrogen-bond donors (Lipinski definition) is 1. The van der Waals surface area contributed by atoms with Gasteiger partial charge in [-0.1, -0.05) is 12.1 Å². The number of ether oxygens (including phenoxy) is 1. The third-order valence-electron chi connectivity index (χ3n) is 6.11. The van der Waals surface area contributed by atoms with Gasteiger partial charge in [-0.05, 0) is 73.6 Å². The molecule has 4 rings (SSSR count). The first-order valence-corrected chi connectivity index (χ1v) is 10.5. The van der Waals surface area contributed by atoms with E-state index in [4.69, 9.17) is 4.74 Å². The Labute approximate surface area is 176 Å². The number of amides is 2. The standard InChI is InChI=1S/C24H27FN2O3/c1-30-21-10-6-17(7-11-21)22(16-2-3-16)26-23(28)18-12-14-27(15-13-18)24(29)19-4-8-20(25)9-5-19/h4-11,16,18,22H,2-3,12-15H2,1H3,(H,26,28)/t22-/m1/s1. The van der Waals surface area contributed by atoms with Crippen molar-refractivity contribution in [3.63, 3.8) is 0 Å². The van der Waals surface area contributed by atoms with Gasteiger partial charge in [-0.15, -0.1) is 0 Å². The molecule has 2 aliphatic rings. The predicted molar refractivity (Wildman–Crippen MR) is 112 cm³/mol. The van der Waals surface area contributed by atoms with Gasteiger partial charge < -0.3 is 15.0 Å². The summed E-state index contributed by atoms with van der Waals surface area (Å²) in [6.07, 6.45) is 3.53. The van der Waals surface area contributed by atoms with Crippen molar-refractivity contribution in [3.05, 3.63) is 65.5 Å². The summed E-state index contributed by atoms with van der Waals surface area (Å²) < 4.78 is 18.3. The van der Waals surface area contributed by atoms with E-state index in [2.05, 4.69) is 5.32 Å². The van der Waals surface area contributed by atoms with Gasteiger partial charge in [0, 0.05) is 24.6 Å². The molecule has 2 aromatic carbocycles. The molecular weight excluding hydrogens is 383 g/mol. The quantitative estimate of drug-likeness (QED) is 0.784. The predicted octanol–water partition coefficient (Wildman–Crippen LogP) is 3.95. The highest BCUT2D eigenvalue weighted by molar-refractivity contribution is 5.94. The van der Waals surface area contributed by atoms with Crippen LogP contribution in [0.3, 0.4) is 0 Å². The molecule has 0 bridgehead atoms. The fourth-order valence-electron chi connectivity index (χ4n) is 4.11. The van der Waals surface area contributed by atoms with E-state index >= 15 is 0 Å². The molecule has 30 heavy (non-hydrogen) atoms. The molecule has 1 saturated carbocycles. The molecule has 0 unspecified atom stereocenters. The van der Waals surface area contributed by atoms with Gasteiger partial charge in [0.25, 0.3) is 5.91 Å². The van der Waals surface area contributed by atoms with E-state index in [-0.39, 0.29) is 29.6 Å². The number of rotatable bonds is 6. The average Bonchev–Trinajstić information content (AvgIpc) is 3.63. The van der Waals surface area contributed by atoms with Crippen molar-refractivity contribution in [2.45, 2.75) is 31.7 Å². The maximum Gasteiger partial charge on any atom is 0.253 e. The van der Waals surface area contributed by atoms with Crippen molar-refractivity contribution in [2.24, 2.45) is 11.8 Å². The number of methoxy groups -OCH3 is 1. The van der Waals surface area contributed by atoms with E-state index in [9.17, 15) is 14.0 Å². The third kappa shape index (κ3) is 4.64. The van der Waals surface area contributed by atoms with Crippen LogP contribution in [-0.2, 0) is 4.79 Å². The van der Waals surface area contributed by atoms with Crippen molar-refractivity contribution >= 4 is 11.8 Å². The highest BCUT2D eigenvalue weighted by Crippen LogP contribution is 2.41. The van der Waals surface area contributed by atoms with Gasteiger partial charge in [0.2, 0.25) is 5.91 Å². The Morgan fingerprint density at radius 1 is 1.00 bits per heavy atom. The fraction of sp³-hybridized carbons (Fsp3) is 0.417. The molecule has 0 aromatic heterocycles. The van der Waals surface area contributed by atoms with Crippen LogP contribution in [0.25, 0.3) is 0 Å². The maximum absolute atomic E-state index is 13.1. The average molecular weight is 410 g/mol. The van der Waals surface area contributed by atoms with Gasteiger partial charge in [0.1, 0.15) is 11.6 Å². The maximum atomic E-state index is 13.1. The zero-order chi connectivity index (χ0) is 21.1. The zero-order valence-corrected chi connectivity index (χ0v) is 17.1. The van der Waals surface area contributed by atoms with E-state index in [1.807, 2.05) is 24.3 Å². The number of likely N-dealkylation sites (tertiary alicyclic amines) is 1. The van der Waals surface area contributed by atoms with Crippen LogP contribution in [0.1, 0.15) is 47.6 Å². The molecule has 5 nitrogen and oxygen atoms in total. The van der Waals surface area contributed by atoms with E-state index in [1.54, 1.807) is 12.0 Å². The monoisotopic (exact) mass is 410 g/mol. The van der Waals surface area contributed by atoms with Crippen LogP contribution in [0, 0.1) is 17.7 Å². The Morgan fingerprint density at radius 2 is 1.63 bits per heavy atom. The number of nitrogens with zero attached hydrogens (tertiary/aromatic N) is 1. The number of hydrogen-bond acceptors (Lipinski definition) is 3. The number of halogens is 1. The zero-order valence-electron chi connectivity index (χ0n) is 17.1. The molecule has 2 amide bonds. The second-order valence-corrected chi connectivity index (χ2v) is 8.17. The third-order valence-corrected chi connectivity index (χ3v) is 6.11. The Hall–Kier alpha value is -2.89. The van der Waals surface area contributed by atoms with Gasteiger partial charge in [-0.2, -0.15) is 0 Å². The first kappa shape index (κ1) is 20.4. The van der Waals surface area contributed by atoms with E-state index in [1.165, 1.54) is 24.3 Å². The first-order chi connectivity index (χ1) is 14.5. The second kappa shape index (κ2) is 8.86. The molecule has 6 heteroatoms. The summed E-state index contributed by atoms with van der Waals surface area (Å²) in [6, 6.07) is 13.5. The number of carbonyl (C=O) groups excluding carboxylic acids is 2. The summed E-state index contributed by atoms with van der Waals surface area (Å²) in [7, 11) is 1.64. The minimum Gasteiger partial charge on any atom is -0.497 e. The van der Waals surface area contributed by atoms with Crippen LogP contribution in [0.4, 0.5) is 4.39 Å². The van der Waals surface area contributed by atoms with Crippen LogP contribution >= 0.6 is 0 Å². The lowest BCUT2D eigenvalue weighted by Gasteiger charge is -2.32. The molecule has 1 aliphatic heterocycles. The molecule has 1 aliphatic carbocycles. The van der Waals surface area contributed by atoms with Crippen molar-refractivity contribution in [1.82, 2.24) is 10.2 Å². The van der Waals surface area contributed by atoms with Crippen LogP contribution in [0.2, 0.25) is 0 Å². The highest BCUT2D eigenvalue weighted by atomic mass is 19.1. The van der Waals surface area contributed by atoms with E-state index in [0.717, 1.165) is 24.2 Å². The van der Waals surface area contributed by atoms with Crippen molar-refractivity contribution in [3.8, 4) is 5.75 Å². The molecule has 2 fully saturated rings. The number of carbonyl (C=O) groups is 2. The Balaban J connectivity index is 1.34. The molecule has 0 spiro atoms. The SMILES string of the molecule is COc1ccc([C@H](NC(=O)C2CCN(C(=O)c3ccc(F)cc3)CC2)C2CC2)cc1. The number of nitrogens with one attached hydrogen (secondary N) is 1. The lowest BCUT2D eigenvalue weighted by molar-refractivity contribution is -0.127. The van der Waals surface area contributed by atoms with Gasteiger partial charge in [0.15, 0.2) is 0 Å². The molecule has 1 saturated heterocycles. The van der Waals surface area contributed by atoms with Crippen LogP contribution in [-0.4, -0.2) is 36.9 Å².